The van der Waals surface area contributed by atoms with Gasteiger partial charge in [0.05, 0.1) is 5.69 Å². The van der Waals surface area contributed by atoms with Crippen molar-refractivity contribution in [1.82, 2.24) is 20.4 Å². The fourth-order valence-electron chi connectivity index (χ4n) is 3.86. The van der Waals surface area contributed by atoms with Crippen LogP contribution in [0, 0.1) is 11.7 Å². The van der Waals surface area contributed by atoms with Gasteiger partial charge in [0.25, 0.3) is 0 Å². The van der Waals surface area contributed by atoms with Gasteiger partial charge in [-0.3, -0.25) is 4.79 Å². The first kappa shape index (κ1) is 22.2. The number of hydrogen-bond acceptors (Lipinski definition) is 5. The molecule has 2 heterocycles. The lowest BCUT2D eigenvalue weighted by Gasteiger charge is -2.31. The molecule has 2 aromatic rings. The molecule has 1 fully saturated rings. The summed E-state index contributed by atoms with van der Waals surface area (Å²) in [4.78, 5) is 17.0. The van der Waals surface area contributed by atoms with E-state index in [0.29, 0.717) is 11.3 Å². The normalized spacial score (nSPS) is 14.9. The summed E-state index contributed by atoms with van der Waals surface area (Å²) in [5, 5.41) is 11.7. The SMILES string of the molecule is CCN(CC)CCCNC(=O)C1CCN(c2ccc(-c3cccc(F)c3)nn2)CC1. The smallest absolute Gasteiger partial charge is 0.223 e. The van der Waals surface area contributed by atoms with Gasteiger partial charge in [0, 0.05) is 31.1 Å². The third kappa shape index (κ3) is 5.98. The van der Waals surface area contributed by atoms with Crippen LogP contribution in [0.3, 0.4) is 0 Å². The van der Waals surface area contributed by atoms with Crippen LogP contribution >= 0.6 is 0 Å². The molecule has 1 aliphatic rings. The number of piperidine rings is 1. The van der Waals surface area contributed by atoms with E-state index in [2.05, 4.69) is 39.2 Å². The molecule has 30 heavy (non-hydrogen) atoms. The van der Waals surface area contributed by atoms with Crippen molar-refractivity contribution in [2.24, 2.45) is 5.92 Å². The van der Waals surface area contributed by atoms with Gasteiger partial charge in [0.2, 0.25) is 5.91 Å². The standard InChI is InChI=1S/C23H32FN5O/c1-3-28(4-2)14-6-13-25-23(30)18-11-15-29(16-12-18)22-10-9-21(26-27-22)19-7-5-8-20(24)17-19/h5,7-10,17-18H,3-4,6,11-16H2,1-2H3,(H,25,30). The van der Waals surface area contributed by atoms with Crippen molar-refractivity contribution < 1.29 is 9.18 Å². The summed E-state index contributed by atoms with van der Waals surface area (Å²) < 4.78 is 13.4. The molecule has 0 atom stereocenters. The molecule has 1 aliphatic heterocycles. The lowest BCUT2D eigenvalue weighted by molar-refractivity contribution is -0.125. The lowest BCUT2D eigenvalue weighted by atomic mass is 9.96. The Kier molecular flexibility index (Phi) is 8.13. The van der Waals surface area contributed by atoms with Crippen LogP contribution in [0.1, 0.15) is 33.1 Å². The topological polar surface area (TPSA) is 61.4 Å². The molecule has 0 bridgehead atoms. The number of halogens is 1. The Labute approximate surface area is 178 Å². The molecule has 3 rings (SSSR count). The summed E-state index contributed by atoms with van der Waals surface area (Å²) >= 11 is 0. The third-order valence-corrected chi connectivity index (χ3v) is 5.81. The highest BCUT2D eigenvalue weighted by Crippen LogP contribution is 2.23. The Morgan fingerprint density at radius 1 is 1.17 bits per heavy atom. The molecule has 0 unspecified atom stereocenters. The number of amides is 1. The second-order valence-electron chi connectivity index (χ2n) is 7.72. The summed E-state index contributed by atoms with van der Waals surface area (Å²) in [5.74, 6) is 0.746. The molecule has 1 saturated heterocycles. The average Bonchev–Trinajstić information content (AvgIpc) is 2.79. The van der Waals surface area contributed by atoms with E-state index in [1.54, 1.807) is 6.07 Å². The van der Waals surface area contributed by atoms with E-state index in [1.165, 1.54) is 12.1 Å². The van der Waals surface area contributed by atoms with Crippen LogP contribution in [0.2, 0.25) is 0 Å². The van der Waals surface area contributed by atoms with Gasteiger partial charge in [-0.2, -0.15) is 0 Å². The van der Waals surface area contributed by atoms with Crippen molar-refractivity contribution in [3.8, 4) is 11.3 Å². The molecule has 0 aliphatic carbocycles. The fourth-order valence-corrected chi connectivity index (χ4v) is 3.86. The number of nitrogens with one attached hydrogen (secondary N) is 1. The van der Waals surface area contributed by atoms with E-state index in [0.717, 1.165) is 64.3 Å². The first-order valence-electron chi connectivity index (χ1n) is 11.0. The first-order valence-corrected chi connectivity index (χ1v) is 11.0. The number of anilines is 1. The zero-order valence-corrected chi connectivity index (χ0v) is 18.0. The van der Waals surface area contributed by atoms with Gasteiger partial charge in [-0.05, 0) is 63.2 Å². The number of carbonyl (C=O) groups is 1. The minimum Gasteiger partial charge on any atom is -0.356 e. The number of hydrogen-bond donors (Lipinski definition) is 1. The minimum atomic E-state index is -0.285. The van der Waals surface area contributed by atoms with Gasteiger partial charge >= 0.3 is 0 Å². The van der Waals surface area contributed by atoms with Crippen molar-refractivity contribution in [1.29, 1.82) is 0 Å². The molecular formula is C23H32FN5O. The molecule has 0 saturated carbocycles. The lowest BCUT2D eigenvalue weighted by Crippen LogP contribution is -2.41. The van der Waals surface area contributed by atoms with Crippen molar-refractivity contribution in [2.75, 3.05) is 44.2 Å². The van der Waals surface area contributed by atoms with Crippen LogP contribution in [0.5, 0.6) is 0 Å². The predicted octanol–water partition coefficient (Wildman–Crippen LogP) is 3.35. The van der Waals surface area contributed by atoms with E-state index in [1.807, 2.05) is 18.2 Å². The molecule has 1 N–H and O–H groups in total. The van der Waals surface area contributed by atoms with Crippen molar-refractivity contribution >= 4 is 11.7 Å². The van der Waals surface area contributed by atoms with Crippen LogP contribution in [0.25, 0.3) is 11.3 Å². The summed E-state index contributed by atoms with van der Waals surface area (Å²) in [7, 11) is 0. The Balaban J connectivity index is 1.44. The maximum atomic E-state index is 13.4. The molecule has 1 aromatic heterocycles. The van der Waals surface area contributed by atoms with Gasteiger partial charge in [-0.1, -0.05) is 26.0 Å². The van der Waals surface area contributed by atoms with Gasteiger partial charge in [-0.25, -0.2) is 4.39 Å². The Morgan fingerprint density at radius 2 is 1.93 bits per heavy atom. The molecule has 7 heteroatoms. The number of benzene rings is 1. The quantitative estimate of drug-likeness (QED) is 0.639. The number of carbonyl (C=O) groups excluding carboxylic acids is 1. The molecule has 6 nitrogen and oxygen atoms in total. The summed E-state index contributed by atoms with van der Waals surface area (Å²) in [6, 6.07) is 10.1. The van der Waals surface area contributed by atoms with Crippen LogP contribution < -0.4 is 10.2 Å². The van der Waals surface area contributed by atoms with E-state index >= 15 is 0 Å². The largest absolute Gasteiger partial charge is 0.356 e. The van der Waals surface area contributed by atoms with Gasteiger partial charge in [0.15, 0.2) is 5.82 Å². The van der Waals surface area contributed by atoms with Gasteiger partial charge in [-0.15, -0.1) is 10.2 Å². The highest BCUT2D eigenvalue weighted by Gasteiger charge is 2.25. The van der Waals surface area contributed by atoms with Crippen LogP contribution in [0.4, 0.5) is 10.2 Å². The molecule has 1 amide bonds. The predicted molar refractivity (Wildman–Crippen MR) is 118 cm³/mol. The van der Waals surface area contributed by atoms with Gasteiger partial charge < -0.3 is 15.1 Å². The van der Waals surface area contributed by atoms with Crippen molar-refractivity contribution in [2.45, 2.75) is 33.1 Å². The average molecular weight is 414 g/mol. The van der Waals surface area contributed by atoms with E-state index in [-0.39, 0.29) is 17.6 Å². The second-order valence-corrected chi connectivity index (χ2v) is 7.72. The zero-order valence-electron chi connectivity index (χ0n) is 18.0. The van der Waals surface area contributed by atoms with Crippen molar-refractivity contribution in [3.63, 3.8) is 0 Å². The summed E-state index contributed by atoms with van der Waals surface area (Å²) in [6.07, 6.45) is 2.62. The number of nitrogens with zero attached hydrogens (tertiary/aromatic N) is 4. The molecule has 1 aromatic carbocycles. The van der Waals surface area contributed by atoms with Crippen molar-refractivity contribution in [3.05, 3.63) is 42.2 Å². The monoisotopic (exact) mass is 413 g/mol. The minimum absolute atomic E-state index is 0.0641. The maximum absolute atomic E-state index is 13.4. The molecule has 0 radical (unpaired) electrons. The summed E-state index contributed by atoms with van der Waals surface area (Å²) in [5.41, 5.74) is 1.36. The molecule has 0 spiro atoms. The third-order valence-electron chi connectivity index (χ3n) is 5.81. The highest BCUT2D eigenvalue weighted by molar-refractivity contribution is 5.78. The second kappa shape index (κ2) is 11.0. The summed E-state index contributed by atoms with van der Waals surface area (Å²) in [6.45, 7) is 9.75. The van der Waals surface area contributed by atoms with E-state index in [9.17, 15) is 9.18 Å². The zero-order chi connectivity index (χ0) is 21.3. The number of rotatable bonds is 9. The van der Waals surface area contributed by atoms with E-state index < -0.39 is 0 Å². The number of aromatic nitrogens is 2. The van der Waals surface area contributed by atoms with E-state index in [4.69, 9.17) is 0 Å². The molecular weight excluding hydrogens is 381 g/mol. The molecule has 162 valence electrons. The Hall–Kier alpha value is -2.54. The van der Waals surface area contributed by atoms with Crippen LogP contribution in [-0.2, 0) is 4.79 Å². The fraction of sp³-hybridized carbons (Fsp3) is 0.522. The first-order chi connectivity index (χ1) is 14.6. The Morgan fingerprint density at radius 3 is 2.57 bits per heavy atom. The maximum Gasteiger partial charge on any atom is 0.223 e. The van der Waals surface area contributed by atoms with Crippen LogP contribution in [-0.4, -0.2) is 60.3 Å². The van der Waals surface area contributed by atoms with Gasteiger partial charge in [0.1, 0.15) is 5.82 Å². The Bertz CT molecular complexity index is 801. The highest BCUT2D eigenvalue weighted by atomic mass is 19.1. The van der Waals surface area contributed by atoms with Crippen LogP contribution in [0.15, 0.2) is 36.4 Å².